The Morgan fingerprint density at radius 1 is 1.47 bits per heavy atom. The third kappa shape index (κ3) is 3.16. The second kappa shape index (κ2) is 5.27. The zero-order valence-corrected chi connectivity index (χ0v) is 10.7. The molecule has 0 bridgehead atoms. The topological polar surface area (TPSA) is 49.4 Å². The van der Waals surface area contributed by atoms with Crippen LogP contribution in [0.5, 0.6) is 0 Å². The molecule has 1 N–H and O–H groups in total. The van der Waals surface area contributed by atoms with Gasteiger partial charge >= 0.3 is 0 Å². The molecule has 1 aliphatic heterocycles. The maximum atomic E-state index is 12.2. The second-order valence-corrected chi connectivity index (χ2v) is 6.72. The molecule has 0 amide bonds. The molecule has 15 heavy (non-hydrogen) atoms. The molecule has 1 atom stereocenters. The fraction of sp³-hybridized carbons (Fsp3) is 1.00. The minimum atomic E-state index is -3.08. The number of hydrogen-bond acceptors (Lipinski definition) is 3. The summed E-state index contributed by atoms with van der Waals surface area (Å²) in [6, 6.07) is 0. The van der Waals surface area contributed by atoms with E-state index in [1.807, 2.05) is 20.8 Å². The zero-order valence-electron chi connectivity index (χ0n) is 9.86. The number of nitrogens with zero attached hydrogens (tertiary/aromatic N) is 1. The lowest BCUT2D eigenvalue weighted by atomic mass is 10.2. The number of rotatable bonds is 5. The van der Waals surface area contributed by atoms with Gasteiger partial charge in [-0.15, -0.1) is 0 Å². The highest BCUT2D eigenvalue weighted by Crippen LogP contribution is 2.16. The number of nitrogens with one attached hydrogen (secondary N) is 1. The molecule has 90 valence electrons. The highest BCUT2D eigenvalue weighted by Gasteiger charge is 2.33. The van der Waals surface area contributed by atoms with E-state index < -0.39 is 10.0 Å². The molecule has 1 aliphatic rings. The van der Waals surface area contributed by atoms with Gasteiger partial charge in [0, 0.05) is 19.6 Å². The summed E-state index contributed by atoms with van der Waals surface area (Å²) in [5.41, 5.74) is 0. The Morgan fingerprint density at radius 2 is 2.13 bits per heavy atom. The minimum absolute atomic E-state index is 0.212. The smallest absolute Gasteiger partial charge is 0.218 e. The van der Waals surface area contributed by atoms with Crippen molar-refractivity contribution in [2.24, 2.45) is 5.92 Å². The van der Waals surface area contributed by atoms with E-state index >= 15 is 0 Å². The molecule has 1 rings (SSSR count). The van der Waals surface area contributed by atoms with Crippen LogP contribution in [-0.4, -0.2) is 44.2 Å². The average molecular weight is 234 g/mol. The molecule has 0 aromatic heterocycles. The molecule has 4 nitrogen and oxygen atoms in total. The van der Waals surface area contributed by atoms with Crippen molar-refractivity contribution >= 4 is 10.0 Å². The Hall–Kier alpha value is -0.130. The van der Waals surface area contributed by atoms with Crippen LogP contribution in [0.3, 0.4) is 0 Å². The van der Waals surface area contributed by atoms with Gasteiger partial charge in [0.2, 0.25) is 10.0 Å². The summed E-state index contributed by atoms with van der Waals surface area (Å²) in [7, 11) is -3.08. The third-order valence-electron chi connectivity index (χ3n) is 2.72. The Labute approximate surface area is 93.1 Å². The van der Waals surface area contributed by atoms with Crippen LogP contribution in [0.2, 0.25) is 0 Å². The summed E-state index contributed by atoms with van der Waals surface area (Å²) in [5.74, 6) is 0.383. The largest absolute Gasteiger partial charge is 0.315 e. The molecule has 0 saturated carbocycles. The van der Waals surface area contributed by atoms with Crippen LogP contribution in [0.15, 0.2) is 0 Å². The Bertz CT molecular complexity index is 282. The van der Waals surface area contributed by atoms with Crippen molar-refractivity contribution in [3.8, 4) is 0 Å². The Morgan fingerprint density at radius 3 is 2.53 bits per heavy atom. The SMILES string of the molecule is CCN(CC(C)C)S(=O)(=O)C1CCNC1. The summed E-state index contributed by atoms with van der Waals surface area (Å²) in [4.78, 5) is 0. The van der Waals surface area contributed by atoms with Crippen molar-refractivity contribution in [2.75, 3.05) is 26.2 Å². The normalized spacial score (nSPS) is 22.9. The lowest BCUT2D eigenvalue weighted by Gasteiger charge is -2.25. The van der Waals surface area contributed by atoms with E-state index in [1.54, 1.807) is 4.31 Å². The fourth-order valence-electron chi connectivity index (χ4n) is 1.91. The van der Waals surface area contributed by atoms with Crippen LogP contribution < -0.4 is 5.32 Å². The van der Waals surface area contributed by atoms with E-state index in [-0.39, 0.29) is 5.25 Å². The monoisotopic (exact) mass is 234 g/mol. The lowest BCUT2D eigenvalue weighted by Crippen LogP contribution is -2.41. The van der Waals surface area contributed by atoms with Gasteiger partial charge in [0.1, 0.15) is 0 Å². The zero-order chi connectivity index (χ0) is 11.5. The average Bonchev–Trinajstić information content (AvgIpc) is 2.66. The minimum Gasteiger partial charge on any atom is -0.315 e. The first kappa shape index (κ1) is 12.9. The molecule has 0 aliphatic carbocycles. The molecule has 0 spiro atoms. The van der Waals surface area contributed by atoms with Gasteiger partial charge in [-0.2, -0.15) is 0 Å². The van der Waals surface area contributed by atoms with Gasteiger partial charge in [-0.3, -0.25) is 0 Å². The molecule has 0 radical (unpaired) electrons. The van der Waals surface area contributed by atoms with Crippen LogP contribution in [0.4, 0.5) is 0 Å². The number of sulfonamides is 1. The van der Waals surface area contributed by atoms with E-state index in [2.05, 4.69) is 5.32 Å². The van der Waals surface area contributed by atoms with Crippen LogP contribution >= 0.6 is 0 Å². The van der Waals surface area contributed by atoms with Crippen molar-refractivity contribution in [3.05, 3.63) is 0 Å². The fourth-order valence-corrected chi connectivity index (χ4v) is 3.95. The maximum absolute atomic E-state index is 12.2. The summed E-state index contributed by atoms with van der Waals surface area (Å²) in [6.45, 7) is 8.64. The molecule has 5 heteroatoms. The maximum Gasteiger partial charge on any atom is 0.218 e. The quantitative estimate of drug-likeness (QED) is 0.760. The highest BCUT2D eigenvalue weighted by atomic mass is 32.2. The van der Waals surface area contributed by atoms with E-state index in [4.69, 9.17) is 0 Å². The van der Waals surface area contributed by atoms with Gasteiger partial charge in [0.05, 0.1) is 5.25 Å². The molecule has 0 aromatic carbocycles. The van der Waals surface area contributed by atoms with Crippen molar-refractivity contribution < 1.29 is 8.42 Å². The van der Waals surface area contributed by atoms with Crippen LogP contribution in [0.25, 0.3) is 0 Å². The lowest BCUT2D eigenvalue weighted by molar-refractivity contribution is 0.376. The summed E-state index contributed by atoms with van der Waals surface area (Å²) < 4.78 is 26.0. The van der Waals surface area contributed by atoms with Gasteiger partial charge in [0.25, 0.3) is 0 Å². The van der Waals surface area contributed by atoms with Crippen molar-refractivity contribution in [3.63, 3.8) is 0 Å². The van der Waals surface area contributed by atoms with Gasteiger partial charge in [0.15, 0.2) is 0 Å². The highest BCUT2D eigenvalue weighted by molar-refractivity contribution is 7.89. The molecular formula is C10H22N2O2S. The Kier molecular flexibility index (Phi) is 4.55. The van der Waals surface area contributed by atoms with Crippen LogP contribution in [0.1, 0.15) is 27.2 Å². The van der Waals surface area contributed by atoms with E-state index in [0.717, 1.165) is 13.0 Å². The van der Waals surface area contributed by atoms with Gasteiger partial charge in [-0.1, -0.05) is 20.8 Å². The predicted octanol–water partition coefficient (Wildman–Crippen LogP) is 0.656. The van der Waals surface area contributed by atoms with Crippen LogP contribution in [-0.2, 0) is 10.0 Å². The first-order valence-corrected chi connectivity index (χ1v) is 7.18. The molecule has 0 aromatic rings. The van der Waals surface area contributed by atoms with Crippen molar-refractivity contribution in [2.45, 2.75) is 32.4 Å². The van der Waals surface area contributed by atoms with Gasteiger partial charge in [-0.05, 0) is 18.9 Å². The number of hydrogen-bond donors (Lipinski definition) is 1. The summed E-state index contributed by atoms with van der Waals surface area (Å²) in [5, 5.41) is 2.89. The van der Waals surface area contributed by atoms with Gasteiger partial charge in [-0.25, -0.2) is 12.7 Å². The summed E-state index contributed by atoms with van der Waals surface area (Å²) >= 11 is 0. The molecule has 1 unspecified atom stereocenters. The Balaban J connectivity index is 2.72. The first-order valence-electron chi connectivity index (χ1n) is 5.68. The second-order valence-electron chi connectivity index (χ2n) is 4.50. The summed E-state index contributed by atoms with van der Waals surface area (Å²) in [6.07, 6.45) is 0.747. The van der Waals surface area contributed by atoms with E-state index in [1.165, 1.54) is 0 Å². The molecule has 1 fully saturated rings. The molecular weight excluding hydrogens is 212 g/mol. The third-order valence-corrected chi connectivity index (χ3v) is 5.09. The standard InChI is InChI=1S/C10H22N2O2S/c1-4-12(8-9(2)3)15(13,14)10-5-6-11-7-10/h9-11H,4-8H2,1-3H3. The van der Waals surface area contributed by atoms with Gasteiger partial charge < -0.3 is 5.32 Å². The van der Waals surface area contributed by atoms with Crippen LogP contribution in [0, 0.1) is 5.92 Å². The van der Waals surface area contributed by atoms with Crippen molar-refractivity contribution in [1.29, 1.82) is 0 Å². The molecule has 1 heterocycles. The van der Waals surface area contributed by atoms with Crippen molar-refractivity contribution in [1.82, 2.24) is 9.62 Å². The van der Waals surface area contributed by atoms with E-state index in [9.17, 15) is 8.42 Å². The van der Waals surface area contributed by atoms with E-state index in [0.29, 0.717) is 25.6 Å². The predicted molar refractivity (Wildman–Crippen MR) is 62.3 cm³/mol. The first-order chi connectivity index (χ1) is 6.98. The molecule has 1 saturated heterocycles.